The number of fused-ring (bicyclic) bond motifs is 12. The zero-order valence-electron chi connectivity index (χ0n) is 86.0. The van der Waals surface area contributed by atoms with Gasteiger partial charge in [-0.25, -0.2) is 39.5 Å². The summed E-state index contributed by atoms with van der Waals surface area (Å²) in [4.78, 5) is 97.8. The molecule has 4 aromatic heterocycles. The van der Waals surface area contributed by atoms with Gasteiger partial charge in [0.2, 0.25) is 11.8 Å². The van der Waals surface area contributed by atoms with Crippen LogP contribution in [0.4, 0.5) is 11.6 Å². The van der Waals surface area contributed by atoms with Crippen LogP contribution < -0.4 is 22.1 Å². The number of thioether (sulfide) groups is 2. The summed E-state index contributed by atoms with van der Waals surface area (Å²) < 4.78 is 76.1. The lowest BCUT2D eigenvalue weighted by Crippen LogP contribution is -2.67. The van der Waals surface area contributed by atoms with Gasteiger partial charge in [-0.3, -0.25) is 28.3 Å². The van der Waals surface area contributed by atoms with Crippen molar-refractivity contribution < 1.29 is 152 Å². The number of imidazole rings is 2. The largest absolute Gasteiger partial charge is 0.480 e. The Labute approximate surface area is 874 Å². The minimum atomic E-state index is -1.32. The number of hydrogen-bond donors (Lipinski definition) is 17. The Bertz CT molecular complexity index is 5400. The van der Waals surface area contributed by atoms with Crippen LogP contribution in [0, 0.1) is 69.0 Å². The number of rotatable bonds is 38. The van der Waals surface area contributed by atoms with E-state index < -0.39 is 181 Å². The van der Waals surface area contributed by atoms with Gasteiger partial charge in [0.1, 0.15) is 92.9 Å². The molecule has 0 radical (unpaired) electrons. The number of anilines is 2. The van der Waals surface area contributed by atoms with Crippen LogP contribution in [0.1, 0.15) is 241 Å². The van der Waals surface area contributed by atoms with E-state index in [4.69, 9.17) is 78.5 Å². The van der Waals surface area contributed by atoms with Gasteiger partial charge in [0, 0.05) is 73.4 Å². The summed E-state index contributed by atoms with van der Waals surface area (Å²) in [5, 5.41) is 150. The van der Waals surface area contributed by atoms with Crippen molar-refractivity contribution in [3.63, 3.8) is 0 Å². The van der Waals surface area contributed by atoms with E-state index in [0.717, 1.165) is 94.6 Å². The van der Waals surface area contributed by atoms with E-state index >= 15 is 0 Å². The molecule has 8 aliphatic carbocycles. The number of carbonyl (C=O) groups is 6. The molecule has 15 aliphatic rings. The van der Waals surface area contributed by atoms with Crippen LogP contribution in [0.3, 0.4) is 0 Å². The van der Waals surface area contributed by atoms with E-state index in [1.54, 1.807) is 26.0 Å². The zero-order chi connectivity index (χ0) is 106. The summed E-state index contributed by atoms with van der Waals surface area (Å²) in [6.07, 6.45) is 7.46. The monoisotopic (exact) mass is 2130 g/mol. The Morgan fingerprint density at radius 1 is 0.490 bits per heavy atom. The van der Waals surface area contributed by atoms with Gasteiger partial charge in [-0.05, 0) is 243 Å². The molecule has 7 aliphatic heterocycles. The second-order valence-electron chi connectivity index (χ2n) is 45.8. The Balaban J connectivity index is 0.000000208. The number of nitrogens with one attached hydrogen (secondary N) is 2. The van der Waals surface area contributed by atoms with Crippen molar-refractivity contribution in [1.82, 2.24) is 39.0 Å². The summed E-state index contributed by atoms with van der Waals surface area (Å²) in [5.74, 6) is -0.348. The van der Waals surface area contributed by atoms with E-state index in [1.165, 1.54) is 58.0 Å². The van der Waals surface area contributed by atoms with Gasteiger partial charge >= 0.3 is 23.9 Å². The van der Waals surface area contributed by atoms with Crippen molar-refractivity contribution in [3.8, 4) is 0 Å². The molecule has 13 fully saturated rings. The highest BCUT2D eigenvalue weighted by Gasteiger charge is 2.73. The summed E-state index contributed by atoms with van der Waals surface area (Å²) in [6.45, 7) is 15.6. The molecule has 19 N–H and O–H groups in total. The molecule has 149 heavy (non-hydrogen) atoms. The maximum atomic E-state index is 13.1. The predicted octanol–water partition coefficient (Wildman–Crippen LogP) is 5.48. The molecule has 0 spiro atoms. The molecule has 0 bridgehead atoms. The number of carboxylic acids is 2. The molecule has 40 atom stereocenters. The van der Waals surface area contributed by atoms with Crippen LogP contribution >= 0.6 is 23.5 Å². The molecule has 4 aromatic rings. The normalized spacial score (nSPS) is 41.7. The Kier molecular flexibility index (Phi) is 34.9. The smallest absolute Gasteiger partial charge is 0.331 e. The zero-order valence-corrected chi connectivity index (χ0v) is 87.6. The van der Waals surface area contributed by atoms with Crippen molar-refractivity contribution in [3.05, 3.63) is 48.6 Å². The minimum Gasteiger partial charge on any atom is -0.480 e. The number of hydrogen-bond acceptors (Lipinski definition) is 39. The molecule has 8 saturated carbocycles. The number of nitrogens with zero attached hydrogens (tertiary/aromatic N) is 8. The summed E-state index contributed by atoms with van der Waals surface area (Å²) in [5.41, 5.74) is 10.5. The molecular formula is C104H154N12O31S2. The Morgan fingerprint density at radius 2 is 0.946 bits per heavy atom. The highest BCUT2D eigenvalue weighted by Crippen LogP contribution is 2.73. The number of carboxylic acid groups (broad SMARTS) is 2. The maximum Gasteiger partial charge on any atom is 0.331 e. The first-order valence-electron chi connectivity index (χ1n) is 54.0. The first-order valence-corrected chi connectivity index (χ1v) is 56.3. The van der Waals surface area contributed by atoms with Crippen LogP contribution in [0.5, 0.6) is 0 Å². The Morgan fingerprint density at radius 3 is 1.41 bits per heavy atom. The number of carbonyl (C=O) groups excluding carboxylic acids is 4. The third-order valence-corrected chi connectivity index (χ3v) is 39.8. The van der Waals surface area contributed by atoms with E-state index in [1.807, 2.05) is 20.8 Å². The quantitative estimate of drug-likeness (QED) is 0.0150. The topological polar surface area (TPSA) is 639 Å². The number of esters is 2. The van der Waals surface area contributed by atoms with Crippen LogP contribution in [0.15, 0.2) is 48.6 Å². The average Bonchev–Trinajstić information content (AvgIpc) is 1.55. The number of aliphatic hydroxyl groups excluding tert-OH is 9. The van der Waals surface area contributed by atoms with Gasteiger partial charge in [-0.15, -0.1) is 0 Å². The molecule has 0 aromatic carbocycles. The number of ether oxygens (including phenoxy) is 12. The third kappa shape index (κ3) is 22.3. The third-order valence-electron chi connectivity index (χ3n) is 37.6. The molecule has 11 heterocycles. The standard InChI is InChI=1S/C61H92N6O20S.C43H62N6O11S/c1-29-54(87-47-22-39(68)52(30(2)82-47)79-17-8-6-7-9-44(71)66-55-48-56(64-27-63-55)67(28-65-48)57-51(75)49(73)42(86-57)26-88-18-14-38(62)58(76)77)50(74)41(25-80-29)85-53-31(3)83-46(23-40(53)69)84-34-12-15-59(4)33(20-34)10-11-36-37(59)21-43(70)60(5)35(13-16-61(36,60)78)32-19-45(72)81-24-32;1-41-12-9-25(17-24(41)7-8-27-28(41)18-31(50)42(2)26(10-13-43(27,42)57)23-16-33(52)59-19-23)58-14-5-3-4-6-32(51)48-37-34-38(46-21-45-37)49(22-47-34)39-36(54)35(53)30(60-39)20-61-15-11-29(44)40(55)56/h19,27-31,33-43,46-47,49-54,57,68-70,73-75,78H,6-18,20-26,62H2,1-5H3,(H,76,77)(H,63,64,66,71);16,21-22,24-31,35-36,39,50,53-54,57H,3-15,17-20,44H2,1-2H3,(H,55,56)(H,45,46,48,51)/t29-,30-,31-,33-,34-,35-,36?,37+,38+,39+,40+,41?,42-,43-,46?,47?,49-,50+,51-,52-,53-,54-,57?,59+,60+,61+;24-,25-,26-,27?,28+,29+,30-,31-,35-,36-,39?,41+,42+,43+/m11/s1. The van der Waals surface area contributed by atoms with Crippen LogP contribution in [0.2, 0.25) is 0 Å². The number of nitrogens with two attached hydrogens (primary N) is 2. The van der Waals surface area contributed by atoms with Crippen LogP contribution in [-0.2, 0) is 85.6 Å². The predicted molar refractivity (Wildman–Crippen MR) is 535 cm³/mol. The van der Waals surface area contributed by atoms with Gasteiger partial charge in [0.25, 0.3) is 0 Å². The molecule has 19 rings (SSSR count). The van der Waals surface area contributed by atoms with Crippen molar-refractivity contribution in [2.75, 3.05) is 66.7 Å². The fraction of sp³-hybridized carbons (Fsp3) is 0.808. The van der Waals surface area contributed by atoms with Crippen molar-refractivity contribution >= 4 is 93.2 Å². The van der Waals surface area contributed by atoms with Crippen molar-refractivity contribution in [2.24, 2.45) is 80.5 Å². The lowest BCUT2D eigenvalue weighted by atomic mass is 9.42. The summed E-state index contributed by atoms with van der Waals surface area (Å²) in [7, 11) is 0. The fourth-order valence-electron chi connectivity index (χ4n) is 29.0. The Hall–Kier alpha value is -6.82. The minimum absolute atomic E-state index is 0.0178. The highest BCUT2D eigenvalue weighted by atomic mass is 32.2. The highest BCUT2D eigenvalue weighted by molar-refractivity contribution is 7.99. The first kappa shape index (κ1) is 112. The molecule has 7 unspecified atom stereocenters. The van der Waals surface area contributed by atoms with Gasteiger partial charge in [0.15, 0.2) is 59.0 Å². The van der Waals surface area contributed by atoms with Gasteiger partial charge < -0.3 is 145 Å². The molecule has 43 nitrogen and oxygen atoms in total. The lowest BCUT2D eigenvalue weighted by molar-refractivity contribution is -0.319. The molecule has 45 heteroatoms. The SMILES string of the molecule is C[C@H]1OCC(O[C@H]2[C@@H](O)CC(O[C@@H]3CC[C@@]4(C)[C@H](CCC5[C@@H]4C[C@@H](O)[C@]4(C)[C@@H](C6=CC(=O)OC6)CC[C@]54O)C3)O[C@@H]2C)[C@H](O)[C@@H]1OC1C[C@H](O)[C@H](OCCCCCC(=O)Nc2ncnc3c2ncn3C2O[C@H](CSCC[C@H](N)C(=O)O)[C@@H](O)[C@H]2O)[C@@H](C)O1.C[C@]12CC[C@@H](OCCCCCC(=O)Nc3ncnc4c3ncn4C3O[C@H](CSCC[C@H](N)C(=O)O)[C@@H](O)[C@H]3O)C[C@H]1CCC1[C@@H]2C[C@@H](O)[C@]2(C)[C@@H](C3=CC(=O)OC3)CC[C@]12O. The number of aliphatic hydroxyl groups is 11. The van der Waals surface area contributed by atoms with E-state index in [0.29, 0.717) is 111 Å². The molecule has 2 amide bonds. The first-order chi connectivity index (χ1) is 71.1. The molecular weight excluding hydrogens is 1980 g/mol. The summed E-state index contributed by atoms with van der Waals surface area (Å²) in [6, 6.07) is -1.97. The number of amides is 2. The maximum absolute atomic E-state index is 13.1. The number of unbranched alkanes of at least 4 members (excludes halogenated alkanes) is 4. The number of cyclic esters (lactones) is 2. The van der Waals surface area contributed by atoms with Crippen molar-refractivity contribution in [2.45, 2.75) is 399 Å². The van der Waals surface area contributed by atoms with Crippen molar-refractivity contribution in [1.29, 1.82) is 0 Å². The fourth-order valence-corrected chi connectivity index (χ4v) is 31.2. The second-order valence-corrected chi connectivity index (χ2v) is 48.1. The van der Waals surface area contributed by atoms with Gasteiger partial charge in [-0.1, -0.05) is 40.5 Å². The van der Waals surface area contributed by atoms with Gasteiger partial charge in [-0.2, -0.15) is 23.5 Å². The summed E-state index contributed by atoms with van der Waals surface area (Å²) >= 11 is 2.73. The lowest BCUT2D eigenvalue weighted by Gasteiger charge is -2.65. The van der Waals surface area contributed by atoms with Gasteiger partial charge in [0.05, 0.1) is 97.6 Å². The van der Waals surface area contributed by atoms with Crippen LogP contribution in [-0.4, -0.2) is 355 Å². The molecule has 828 valence electrons. The van der Waals surface area contributed by atoms with E-state index in [2.05, 4.69) is 54.4 Å². The molecule has 5 saturated heterocycles. The van der Waals surface area contributed by atoms with Crippen LogP contribution in [0.25, 0.3) is 22.3 Å². The second kappa shape index (κ2) is 46.5. The average molecular weight is 2130 g/mol. The number of aliphatic carboxylic acids is 2. The van der Waals surface area contributed by atoms with E-state index in [-0.39, 0.29) is 169 Å². The number of aromatic nitrogens is 8. The van der Waals surface area contributed by atoms with E-state index in [9.17, 15) is 84.9 Å².